The molecule has 0 amide bonds. The van der Waals surface area contributed by atoms with Crippen LogP contribution in [0.3, 0.4) is 0 Å². The number of hydrogen-bond acceptors (Lipinski definition) is 2. The Balaban J connectivity index is 2.04. The van der Waals surface area contributed by atoms with Crippen LogP contribution in [0.4, 0.5) is 4.79 Å². The fourth-order valence-electron chi connectivity index (χ4n) is 2.30. The van der Waals surface area contributed by atoms with E-state index in [1.807, 2.05) is 54.6 Å². The molecule has 0 saturated carbocycles. The highest BCUT2D eigenvalue weighted by atomic mass is 79.9. The van der Waals surface area contributed by atoms with Crippen molar-refractivity contribution in [3.8, 4) is 11.1 Å². The minimum atomic E-state index is -1.09. The van der Waals surface area contributed by atoms with Gasteiger partial charge in [-0.15, -0.1) is 0 Å². The molecule has 0 saturated heterocycles. The van der Waals surface area contributed by atoms with Crippen molar-refractivity contribution in [2.75, 3.05) is 0 Å². The van der Waals surface area contributed by atoms with Crippen molar-refractivity contribution in [2.45, 2.75) is 6.42 Å². The van der Waals surface area contributed by atoms with Crippen LogP contribution in [-0.4, -0.2) is 21.0 Å². The Hall–Kier alpha value is -2.40. The van der Waals surface area contributed by atoms with Crippen LogP contribution in [0.2, 0.25) is 0 Å². The fourth-order valence-corrected chi connectivity index (χ4v) is 2.56. The molecule has 1 N–H and O–H groups in total. The predicted octanol–water partition coefficient (Wildman–Crippen LogP) is 4.43. The summed E-state index contributed by atoms with van der Waals surface area (Å²) in [6.45, 7) is 0. The third-order valence-corrected chi connectivity index (χ3v) is 3.89. The van der Waals surface area contributed by atoms with Crippen LogP contribution in [0.25, 0.3) is 11.1 Å². The van der Waals surface area contributed by atoms with Crippen molar-refractivity contribution in [1.82, 2.24) is 9.78 Å². The molecule has 0 unspecified atom stereocenters. The van der Waals surface area contributed by atoms with Gasteiger partial charge in [-0.05, 0) is 23.3 Å². The smallest absolute Gasteiger partial charge is 0.432 e. The van der Waals surface area contributed by atoms with Gasteiger partial charge >= 0.3 is 6.09 Å². The van der Waals surface area contributed by atoms with Crippen LogP contribution in [-0.2, 0) is 6.42 Å². The standard InChI is InChI=1S/C17H13BrN2O2/c18-14-8-6-13(7-9-14)15-11-20(17(21)22)19-16(15)10-12-4-2-1-3-5-12/h1-9,11H,10H2,(H,21,22). The van der Waals surface area contributed by atoms with E-state index in [0.717, 1.165) is 31.5 Å². The number of carboxylic acid groups (broad SMARTS) is 1. The van der Waals surface area contributed by atoms with E-state index in [0.29, 0.717) is 6.42 Å². The normalized spacial score (nSPS) is 10.6. The highest BCUT2D eigenvalue weighted by Crippen LogP contribution is 2.26. The highest BCUT2D eigenvalue weighted by molar-refractivity contribution is 9.10. The summed E-state index contributed by atoms with van der Waals surface area (Å²) in [5.41, 5.74) is 3.62. The van der Waals surface area contributed by atoms with Crippen LogP contribution in [0.15, 0.2) is 65.3 Å². The Labute approximate surface area is 136 Å². The van der Waals surface area contributed by atoms with E-state index in [4.69, 9.17) is 0 Å². The molecule has 110 valence electrons. The third-order valence-electron chi connectivity index (χ3n) is 3.36. The Bertz CT molecular complexity index is 795. The first-order valence-corrected chi connectivity index (χ1v) is 7.54. The number of aromatic nitrogens is 2. The molecule has 3 aromatic rings. The molecule has 2 aromatic carbocycles. The van der Waals surface area contributed by atoms with Gasteiger partial charge in [-0.1, -0.05) is 58.4 Å². The SMILES string of the molecule is O=C(O)n1cc(-c2ccc(Br)cc2)c(Cc2ccccc2)n1. The minimum Gasteiger partial charge on any atom is -0.463 e. The van der Waals surface area contributed by atoms with Crippen molar-refractivity contribution in [1.29, 1.82) is 0 Å². The van der Waals surface area contributed by atoms with Crippen molar-refractivity contribution in [3.63, 3.8) is 0 Å². The summed E-state index contributed by atoms with van der Waals surface area (Å²) >= 11 is 3.40. The molecule has 0 fully saturated rings. The molecule has 0 spiro atoms. The van der Waals surface area contributed by atoms with Gasteiger partial charge in [-0.3, -0.25) is 0 Å². The fraction of sp³-hybridized carbons (Fsp3) is 0.0588. The topological polar surface area (TPSA) is 55.1 Å². The second-order valence-electron chi connectivity index (χ2n) is 4.89. The summed E-state index contributed by atoms with van der Waals surface area (Å²) in [4.78, 5) is 11.2. The summed E-state index contributed by atoms with van der Waals surface area (Å²) < 4.78 is 1.95. The van der Waals surface area contributed by atoms with Gasteiger partial charge in [-0.2, -0.15) is 9.78 Å². The summed E-state index contributed by atoms with van der Waals surface area (Å²) in [6, 6.07) is 17.6. The number of benzene rings is 2. The lowest BCUT2D eigenvalue weighted by atomic mass is 10.0. The molecule has 0 aliphatic heterocycles. The summed E-state index contributed by atoms with van der Waals surface area (Å²) in [5, 5.41) is 13.4. The van der Waals surface area contributed by atoms with Crippen molar-refractivity contribution in [3.05, 3.63) is 76.5 Å². The molecule has 0 aliphatic rings. The molecular weight excluding hydrogens is 344 g/mol. The summed E-state index contributed by atoms with van der Waals surface area (Å²) in [7, 11) is 0. The largest absolute Gasteiger partial charge is 0.463 e. The van der Waals surface area contributed by atoms with Crippen LogP contribution >= 0.6 is 15.9 Å². The monoisotopic (exact) mass is 356 g/mol. The predicted molar refractivity (Wildman–Crippen MR) is 88.0 cm³/mol. The van der Waals surface area contributed by atoms with E-state index in [9.17, 15) is 9.90 Å². The Morgan fingerprint density at radius 3 is 2.41 bits per heavy atom. The number of carbonyl (C=O) groups is 1. The number of halogens is 1. The molecule has 3 rings (SSSR count). The lowest BCUT2D eigenvalue weighted by Gasteiger charge is -2.03. The first kappa shape index (κ1) is 14.5. The summed E-state index contributed by atoms with van der Waals surface area (Å²) in [6.07, 6.45) is 1.06. The third kappa shape index (κ3) is 3.09. The van der Waals surface area contributed by atoms with Crippen molar-refractivity contribution < 1.29 is 9.90 Å². The molecule has 4 nitrogen and oxygen atoms in total. The van der Waals surface area contributed by atoms with Gasteiger partial charge in [0.1, 0.15) is 0 Å². The van der Waals surface area contributed by atoms with Crippen molar-refractivity contribution in [2.24, 2.45) is 0 Å². The zero-order valence-electron chi connectivity index (χ0n) is 11.6. The average Bonchev–Trinajstić information content (AvgIpc) is 2.93. The maximum atomic E-state index is 11.2. The summed E-state index contributed by atoms with van der Waals surface area (Å²) in [5.74, 6) is 0. The quantitative estimate of drug-likeness (QED) is 0.755. The van der Waals surface area contributed by atoms with Crippen LogP contribution in [0, 0.1) is 0 Å². The van der Waals surface area contributed by atoms with Crippen LogP contribution in [0.1, 0.15) is 11.3 Å². The Kier molecular flexibility index (Phi) is 4.06. The molecule has 1 aromatic heterocycles. The Morgan fingerprint density at radius 1 is 1.09 bits per heavy atom. The zero-order chi connectivity index (χ0) is 15.5. The van der Waals surface area contributed by atoms with Gasteiger partial charge < -0.3 is 5.11 Å². The van der Waals surface area contributed by atoms with Gasteiger partial charge in [0.05, 0.1) is 5.69 Å². The lowest BCUT2D eigenvalue weighted by molar-refractivity contribution is 0.192. The second-order valence-corrected chi connectivity index (χ2v) is 5.80. The highest BCUT2D eigenvalue weighted by Gasteiger charge is 2.14. The maximum absolute atomic E-state index is 11.2. The van der Waals surface area contributed by atoms with Gasteiger partial charge in [0.15, 0.2) is 0 Å². The molecular formula is C17H13BrN2O2. The van der Waals surface area contributed by atoms with Gasteiger partial charge in [0, 0.05) is 22.7 Å². The molecule has 1 heterocycles. The van der Waals surface area contributed by atoms with Crippen LogP contribution in [0.5, 0.6) is 0 Å². The zero-order valence-corrected chi connectivity index (χ0v) is 13.2. The lowest BCUT2D eigenvalue weighted by Crippen LogP contribution is -2.08. The van der Waals surface area contributed by atoms with Crippen LogP contribution < -0.4 is 0 Å². The molecule has 0 radical (unpaired) electrons. The molecule has 0 bridgehead atoms. The van der Waals surface area contributed by atoms with E-state index in [2.05, 4.69) is 21.0 Å². The van der Waals surface area contributed by atoms with E-state index < -0.39 is 6.09 Å². The van der Waals surface area contributed by atoms with E-state index >= 15 is 0 Å². The first-order chi connectivity index (χ1) is 10.6. The second kappa shape index (κ2) is 6.15. The number of nitrogens with zero attached hydrogens (tertiary/aromatic N) is 2. The van der Waals surface area contributed by atoms with Gasteiger partial charge in [0.2, 0.25) is 0 Å². The van der Waals surface area contributed by atoms with E-state index in [-0.39, 0.29) is 0 Å². The molecule has 5 heteroatoms. The molecule has 0 atom stereocenters. The number of hydrogen-bond donors (Lipinski definition) is 1. The average molecular weight is 357 g/mol. The van der Waals surface area contributed by atoms with Gasteiger partial charge in [0.25, 0.3) is 0 Å². The van der Waals surface area contributed by atoms with E-state index in [1.165, 1.54) is 0 Å². The number of rotatable bonds is 3. The van der Waals surface area contributed by atoms with E-state index in [1.54, 1.807) is 6.20 Å². The molecule has 22 heavy (non-hydrogen) atoms. The Morgan fingerprint density at radius 2 is 1.77 bits per heavy atom. The first-order valence-electron chi connectivity index (χ1n) is 6.75. The minimum absolute atomic E-state index is 0.590. The van der Waals surface area contributed by atoms with Crippen molar-refractivity contribution >= 4 is 22.0 Å². The maximum Gasteiger partial charge on any atom is 0.432 e. The van der Waals surface area contributed by atoms with Gasteiger partial charge in [-0.25, -0.2) is 4.79 Å². The molecule has 0 aliphatic carbocycles.